The van der Waals surface area contributed by atoms with Crippen molar-refractivity contribution in [1.29, 1.82) is 0 Å². The summed E-state index contributed by atoms with van der Waals surface area (Å²) in [5.41, 5.74) is 1.08. The summed E-state index contributed by atoms with van der Waals surface area (Å²) in [4.78, 5) is 40.1. The van der Waals surface area contributed by atoms with Gasteiger partial charge in [0.05, 0.1) is 13.2 Å². The van der Waals surface area contributed by atoms with E-state index in [1.807, 2.05) is 30.3 Å². The molecule has 3 rings (SSSR count). The molecule has 0 spiro atoms. The molecule has 0 saturated carbocycles. The Hall–Kier alpha value is -2.45. The van der Waals surface area contributed by atoms with Crippen LogP contribution in [-0.4, -0.2) is 79.6 Å². The largest absolute Gasteiger partial charge is 0.379 e. The molecule has 2 heterocycles. The second kappa shape index (κ2) is 10.2. The zero-order chi connectivity index (χ0) is 19.8. The van der Waals surface area contributed by atoms with Gasteiger partial charge in [-0.15, -0.1) is 0 Å². The van der Waals surface area contributed by atoms with E-state index in [4.69, 9.17) is 4.74 Å². The first kappa shape index (κ1) is 20.3. The van der Waals surface area contributed by atoms with E-state index in [2.05, 4.69) is 15.5 Å². The summed E-state index contributed by atoms with van der Waals surface area (Å²) in [5, 5.41) is 5.57. The van der Waals surface area contributed by atoms with E-state index in [-0.39, 0.29) is 24.3 Å². The standard InChI is InChI=1S/C20H28N4O4/c25-18(21-9-11-23-12-14-28-15-13-23)7-6-17-19(26)24(20(27)22-17)10-8-16-4-2-1-3-5-16/h1-5,17H,6-15H2,(H,21,25)(H,22,27)/t17-/m0/s1. The van der Waals surface area contributed by atoms with Crippen LogP contribution in [0.1, 0.15) is 18.4 Å². The normalized spacial score (nSPS) is 20.3. The highest BCUT2D eigenvalue weighted by Crippen LogP contribution is 2.12. The number of carbonyl (C=O) groups is 3. The number of rotatable bonds is 9. The molecular weight excluding hydrogens is 360 g/mol. The van der Waals surface area contributed by atoms with E-state index in [1.165, 1.54) is 4.90 Å². The van der Waals surface area contributed by atoms with Gasteiger partial charge >= 0.3 is 6.03 Å². The number of hydrogen-bond acceptors (Lipinski definition) is 5. The summed E-state index contributed by atoms with van der Waals surface area (Å²) < 4.78 is 5.29. The highest BCUT2D eigenvalue weighted by atomic mass is 16.5. The van der Waals surface area contributed by atoms with Crippen molar-refractivity contribution in [1.82, 2.24) is 20.4 Å². The molecule has 28 heavy (non-hydrogen) atoms. The van der Waals surface area contributed by atoms with Crippen molar-refractivity contribution in [3.05, 3.63) is 35.9 Å². The Morgan fingerprint density at radius 1 is 1.14 bits per heavy atom. The number of nitrogens with one attached hydrogen (secondary N) is 2. The van der Waals surface area contributed by atoms with Crippen molar-refractivity contribution in [2.45, 2.75) is 25.3 Å². The number of morpholine rings is 1. The number of benzene rings is 1. The van der Waals surface area contributed by atoms with Gasteiger partial charge in [0.25, 0.3) is 5.91 Å². The fraction of sp³-hybridized carbons (Fsp3) is 0.550. The fourth-order valence-electron chi connectivity index (χ4n) is 3.41. The molecule has 2 fully saturated rings. The van der Waals surface area contributed by atoms with Crippen LogP contribution in [0.4, 0.5) is 4.79 Å². The van der Waals surface area contributed by atoms with Gasteiger partial charge in [-0.1, -0.05) is 30.3 Å². The minimum atomic E-state index is -0.617. The molecule has 1 aromatic rings. The first-order valence-corrected chi connectivity index (χ1v) is 9.86. The summed E-state index contributed by atoms with van der Waals surface area (Å²) in [6.45, 7) is 4.95. The molecule has 8 nitrogen and oxygen atoms in total. The topological polar surface area (TPSA) is 91.0 Å². The quantitative estimate of drug-likeness (QED) is 0.597. The van der Waals surface area contributed by atoms with Gasteiger partial charge in [0.1, 0.15) is 6.04 Å². The predicted molar refractivity (Wildman–Crippen MR) is 104 cm³/mol. The fourth-order valence-corrected chi connectivity index (χ4v) is 3.41. The Morgan fingerprint density at radius 2 is 1.89 bits per heavy atom. The summed E-state index contributed by atoms with van der Waals surface area (Å²) in [6, 6.07) is 8.74. The Morgan fingerprint density at radius 3 is 2.64 bits per heavy atom. The van der Waals surface area contributed by atoms with Crippen molar-refractivity contribution < 1.29 is 19.1 Å². The Labute approximate surface area is 165 Å². The molecule has 2 saturated heterocycles. The van der Waals surface area contributed by atoms with E-state index in [9.17, 15) is 14.4 Å². The van der Waals surface area contributed by atoms with Crippen LogP contribution in [0.2, 0.25) is 0 Å². The summed E-state index contributed by atoms with van der Waals surface area (Å²) >= 11 is 0. The average Bonchev–Trinajstić information content (AvgIpc) is 2.99. The lowest BCUT2D eigenvalue weighted by Gasteiger charge is -2.26. The van der Waals surface area contributed by atoms with Crippen molar-refractivity contribution >= 4 is 17.8 Å². The van der Waals surface area contributed by atoms with Gasteiger partial charge in [0.2, 0.25) is 5.91 Å². The maximum atomic E-state index is 12.5. The molecule has 0 aromatic heterocycles. The van der Waals surface area contributed by atoms with Crippen molar-refractivity contribution in [2.24, 2.45) is 0 Å². The van der Waals surface area contributed by atoms with E-state index >= 15 is 0 Å². The number of ether oxygens (including phenoxy) is 1. The summed E-state index contributed by atoms with van der Waals surface area (Å²) in [6.07, 6.45) is 1.15. The molecule has 0 bridgehead atoms. The van der Waals surface area contributed by atoms with Gasteiger partial charge in [-0.05, 0) is 18.4 Å². The maximum Gasteiger partial charge on any atom is 0.324 e. The molecule has 2 aliphatic rings. The van der Waals surface area contributed by atoms with Gasteiger partial charge in [-0.25, -0.2) is 4.79 Å². The van der Waals surface area contributed by atoms with Gasteiger partial charge < -0.3 is 15.4 Å². The van der Waals surface area contributed by atoms with Crippen molar-refractivity contribution in [3.63, 3.8) is 0 Å². The average molecular weight is 388 g/mol. The molecule has 0 unspecified atom stereocenters. The molecule has 8 heteroatoms. The van der Waals surface area contributed by atoms with E-state index < -0.39 is 6.04 Å². The lowest BCUT2D eigenvalue weighted by atomic mass is 10.1. The second-order valence-electron chi connectivity index (χ2n) is 7.07. The first-order chi connectivity index (χ1) is 13.6. The summed E-state index contributed by atoms with van der Waals surface area (Å²) in [7, 11) is 0. The number of amides is 4. The molecule has 0 radical (unpaired) electrons. The molecular formula is C20H28N4O4. The number of urea groups is 1. The lowest BCUT2D eigenvalue weighted by molar-refractivity contribution is -0.127. The number of carbonyl (C=O) groups excluding carboxylic acids is 3. The SMILES string of the molecule is O=C(CC[C@@H]1NC(=O)N(CCc2ccccc2)C1=O)NCCN1CCOCC1. The van der Waals surface area contributed by atoms with E-state index in [0.29, 0.717) is 25.9 Å². The molecule has 152 valence electrons. The lowest BCUT2D eigenvalue weighted by Crippen LogP contribution is -2.41. The second-order valence-corrected chi connectivity index (χ2v) is 7.07. The van der Waals surface area contributed by atoms with Crippen LogP contribution in [0.3, 0.4) is 0 Å². The highest BCUT2D eigenvalue weighted by molar-refractivity contribution is 6.04. The third kappa shape index (κ3) is 5.77. The van der Waals surface area contributed by atoms with Gasteiger partial charge in [0.15, 0.2) is 0 Å². The zero-order valence-electron chi connectivity index (χ0n) is 16.1. The molecule has 4 amide bonds. The maximum absolute atomic E-state index is 12.5. The van der Waals surface area contributed by atoms with E-state index in [1.54, 1.807) is 0 Å². The van der Waals surface area contributed by atoms with Crippen LogP contribution in [-0.2, 0) is 20.7 Å². The Kier molecular flexibility index (Phi) is 7.39. The van der Waals surface area contributed by atoms with Crippen molar-refractivity contribution in [2.75, 3.05) is 45.9 Å². The molecule has 0 aliphatic carbocycles. The third-order valence-corrected chi connectivity index (χ3v) is 5.09. The van der Waals surface area contributed by atoms with Gasteiger partial charge in [0, 0.05) is 39.1 Å². The van der Waals surface area contributed by atoms with Crippen LogP contribution in [0.25, 0.3) is 0 Å². The molecule has 1 atom stereocenters. The number of nitrogens with zero attached hydrogens (tertiary/aromatic N) is 2. The molecule has 2 aliphatic heterocycles. The van der Waals surface area contributed by atoms with Gasteiger partial charge in [-0.3, -0.25) is 19.4 Å². The minimum absolute atomic E-state index is 0.0990. The van der Waals surface area contributed by atoms with E-state index in [0.717, 1.165) is 38.4 Å². The van der Waals surface area contributed by atoms with Crippen LogP contribution in [0.5, 0.6) is 0 Å². The van der Waals surface area contributed by atoms with Crippen LogP contribution in [0.15, 0.2) is 30.3 Å². The zero-order valence-corrected chi connectivity index (χ0v) is 16.1. The van der Waals surface area contributed by atoms with Crippen LogP contribution in [0, 0.1) is 0 Å². The monoisotopic (exact) mass is 388 g/mol. The Bertz CT molecular complexity index is 676. The number of hydrogen-bond donors (Lipinski definition) is 2. The smallest absolute Gasteiger partial charge is 0.324 e. The first-order valence-electron chi connectivity index (χ1n) is 9.86. The van der Waals surface area contributed by atoms with Crippen LogP contribution >= 0.6 is 0 Å². The predicted octanol–water partition coefficient (Wildman–Crippen LogP) is 0.378. The molecule has 1 aromatic carbocycles. The third-order valence-electron chi connectivity index (χ3n) is 5.09. The van der Waals surface area contributed by atoms with Crippen molar-refractivity contribution in [3.8, 4) is 0 Å². The Balaban J connectivity index is 1.35. The molecule has 2 N–H and O–H groups in total. The van der Waals surface area contributed by atoms with Gasteiger partial charge in [-0.2, -0.15) is 0 Å². The summed E-state index contributed by atoms with van der Waals surface area (Å²) in [5.74, 6) is -0.347. The number of imide groups is 1. The minimum Gasteiger partial charge on any atom is -0.379 e. The van der Waals surface area contributed by atoms with Crippen LogP contribution < -0.4 is 10.6 Å². The highest BCUT2D eigenvalue weighted by Gasteiger charge is 2.37.